The minimum atomic E-state index is -0.0447. The third kappa shape index (κ3) is 2.10. The monoisotopic (exact) mass is 267 g/mol. The normalized spacial score (nSPS) is 13.5. The minimum Gasteiger partial charge on any atom is -0.493 e. The van der Waals surface area contributed by atoms with Gasteiger partial charge in [0.1, 0.15) is 10.1 Å². The summed E-state index contributed by atoms with van der Waals surface area (Å²) in [6, 6.07) is 7.51. The van der Waals surface area contributed by atoms with Crippen LogP contribution in [-0.2, 0) is 13.0 Å². The fourth-order valence-electron chi connectivity index (χ4n) is 1.96. The maximum Gasteiger partial charge on any atom is 0.262 e. The van der Waals surface area contributed by atoms with Crippen LogP contribution in [-0.4, -0.2) is 10.6 Å². The molecule has 2 heterocycles. The molecule has 17 heavy (non-hydrogen) atoms. The Morgan fingerprint density at radius 1 is 1.41 bits per heavy atom. The third-order valence-electron chi connectivity index (χ3n) is 2.76. The van der Waals surface area contributed by atoms with E-state index in [0.717, 1.165) is 24.3 Å². The van der Waals surface area contributed by atoms with Gasteiger partial charge in [0.15, 0.2) is 0 Å². The van der Waals surface area contributed by atoms with E-state index >= 15 is 0 Å². The molecule has 1 aliphatic rings. The fraction of sp³-hybridized carbons (Fsp3) is 0.250. The van der Waals surface area contributed by atoms with Gasteiger partial charge in [0.25, 0.3) is 5.56 Å². The Bertz CT molecular complexity index is 617. The molecule has 0 aliphatic carbocycles. The molecule has 3 nitrogen and oxygen atoms in total. The first-order valence-electron chi connectivity index (χ1n) is 5.33. The molecule has 2 aromatic rings. The molecule has 0 bridgehead atoms. The maximum atomic E-state index is 11.5. The average molecular weight is 268 g/mol. The number of fused-ring (bicyclic) bond motifs is 1. The topological polar surface area (TPSA) is 31.2 Å². The summed E-state index contributed by atoms with van der Waals surface area (Å²) in [6.45, 7) is 1.33. The van der Waals surface area contributed by atoms with E-state index in [-0.39, 0.29) is 5.56 Å². The van der Waals surface area contributed by atoms with E-state index in [1.54, 1.807) is 3.96 Å². The highest BCUT2D eigenvalue weighted by Gasteiger charge is 2.12. The molecule has 0 fully saturated rings. The van der Waals surface area contributed by atoms with E-state index in [1.165, 1.54) is 23.2 Å². The third-order valence-corrected chi connectivity index (χ3v) is 3.90. The Kier molecular flexibility index (Phi) is 2.68. The largest absolute Gasteiger partial charge is 0.493 e. The predicted octanol–water partition coefficient (Wildman–Crippen LogP) is 2.55. The summed E-state index contributed by atoms with van der Waals surface area (Å²) in [5, 5.41) is 0. The zero-order valence-corrected chi connectivity index (χ0v) is 10.6. The van der Waals surface area contributed by atoms with Gasteiger partial charge in [0, 0.05) is 12.5 Å². The number of benzene rings is 1. The fourth-order valence-corrected chi connectivity index (χ4v) is 3.02. The summed E-state index contributed by atoms with van der Waals surface area (Å²) < 4.78 is 7.62. The van der Waals surface area contributed by atoms with Gasteiger partial charge in [-0.15, -0.1) is 0 Å². The lowest BCUT2D eigenvalue weighted by Crippen LogP contribution is -2.12. The molecule has 5 heteroatoms. The summed E-state index contributed by atoms with van der Waals surface area (Å²) in [6.07, 6.45) is 0.948. The Balaban J connectivity index is 1.91. The highest BCUT2D eigenvalue weighted by Crippen LogP contribution is 2.26. The summed E-state index contributed by atoms with van der Waals surface area (Å²) in [5.41, 5.74) is 2.28. The van der Waals surface area contributed by atoms with Crippen LogP contribution in [0.5, 0.6) is 5.75 Å². The zero-order chi connectivity index (χ0) is 11.8. The molecule has 3 rings (SSSR count). The van der Waals surface area contributed by atoms with Crippen molar-refractivity contribution in [2.45, 2.75) is 13.0 Å². The van der Waals surface area contributed by atoms with Gasteiger partial charge in [-0.1, -0.05) is 23.7 Å². The molecule has 1 aromatic carbocycles. The average Bonchev–Trinajstić information content (AvgIpc) is 2.85. The number of ether oxygens (including phenoxy) is 1. The molecule has 0 unspecified atom stereocenters. The van der Waals surface area contributed by atoms with Crippen molar-refractivity contribution < 1.29 is 4.74 Å². The van der Waals surface area contributed by atoms with Crippen molar-refractivity contribution in [2.75, 3.05) is 6.61 Å². The van der Waals surface area contributed by atoms with Gasteiger partial charge in [0.2, 0.25) is 0 Å². The summed E-state index contributed by atoms with van der Waals surface area (Å²) >= 11 is 7.08. The van der Waals surface area contributed by atoms with Crippen LogP contribution in [0.2, 0.25) is 4.34 Å². The molecule has 0 amide bonds. The smallest absolute Gasteiger partial charge is 0.262 e. The van der Waals surface area contributed by atoms with Gasteiger partial charge in [-0.2, -0.15) is 0 Å². The van der Waals surface area contributed by atoms with Crippen molar-refractivity contribution in [1.29, 1.82) is 0 Å². The Hall–Kier alpha value is -1.26. The van der Waals surface area contributed by atoms with E-state index in [1.807, 2.05) is 12.1 Å². The van der Waals surface area contributed by atoms with Crippen molar-refractivity contribution in [3.05, 3.63) is 50.1 Å². The summed E-state index contributed by atoms with van der Waals surface area (Å²) in [5.74, 6) is 0.963. The number of nitrogens with zero attached hydrogens (tertiary/aromatic N) is 1. The number of hydrogen-bond donors (Lipinski definition) is 0. The lowest BCUT2D eigenvalue weighted by molar-refractivity contribution is 0.357. The molecule has 0 spiro atoms. The Morgan fingerprint density at radius 2 is 2.29 bits per heavy atom. The standard InChI is InChI=1S/C12H10ClNO2S/c13-11-6-12(15)14(17-11)7-8-1-2-10-9(5-8)3-4-16-10/h1-2,5-6H,3-4,7H2. The van der Waals surface area contributed by atoms with Crippen LogP contribution >= 0.6 is 23.1 Å². The Morgan fingerprint density at radius 3 is 3.06 bits per heavy atom. The first-order valence-corrected chi connectivity index (χ1v) is 6.49. The number of hydrogen-bond acceptors (Lipinski definition) is 3. The maximum absolute atomic E-state index is 11.5. The van der Waals surface area contributed by atoms with Gasteiger partial charge >= 0.3 is 0 Å². The lowest BCUT2D eigenvalue weighted by Gasteiger charge is -2.04. The molecule has 0 radical (unpaired) electrons. The second-order valence-corrected chi connectivity index (χ2v) is 5.65. The molecule has 1 aromatic heterocycles. The number of halogens is 1. The zero-order valence-electron chi connectivity index (χ0n) is 8.98. The van der Waals surface area contributed by atoms with Crippen LogP contribution in [0, 0.1) is 0 Å². The van der Waals surface area contributed by atoms with Gasteiger partial charge < -0.3 is 4.74 Å². The van der Waals surface area contributed by atoms with E-state index < -0.39 is 0 Å². The van der Waals surface area contributed by atoms with Crippen LogP contribution in [0.3, 0.4) is 0 Å². The van der Waals surface area contributed by atoms with Crippen LogP contribution in [0.4, 0.5) is 0 Å². The van der Waals surface area contributed by atoms with Crippen LogP contribution in [0.15, 0.2) is 29.1 Å². The summed E-state index contributed by atoms with van der Waals surface area (Å²) in [7, 11) is 0. The second kappa shape index (κ2) is 4.20. The van der Waals surface area contributed by atoms with E-state index in [2.05, 4.69) is 6.07 Å². The van der Waals surface area contributed by atoms with Crippen molar-refractivity contribution >= 4 is 23.1 Å². The lowest BCUT2D eigenvalue weighted by atomic mass is 10.1. The van der Waals surface area contributed by atoms with E-state index in [4.69, 9.17) is 16.3 Å². The van der Waals surface area contributed by atoms with Gasteiger partial charge in [-0.3, -0.25) is 8.75 Å². The number of rotatable bonds is 2. The van der Waals surface area contributed by atoms with Crippen molar-refractivity contribution in [2.24, 2.45) is 0 Å². The van der Waals surface area contributed by atoms with Crippen LogP contribution in [0.1, 0.15) is 11.1 Å². The van der Waals surface area contributed by atoms with Crippen LogP contribution < -0.4 is 10.3 Å². The molecule has 0 atom stereocenters. The minimum absolute atomic E-state index is 0.0447. The summed E-state index contributed by atoms with van der Waals surface area (Å²) in [4.78, 5) is 11.5. The molecule has 1 aliphatic heterocycles. The van der Waals surface area contributed by atoms with E-state index in [0.29, 0.717) is 10.9 Å². The van der Waals surface area contributed by atoms with E-state index in [9.17, 15) is 4.79 Å². The van der Waals surface area contributed by atoms with Crippen LogP contribution in [0.25, 0.3) is 0 Å². The van der Waals surface area contributed by atoms with Gasteiger partial charge in [0.05, 0.1) is 13.2 Å². The number of aromatic nitrogens is 1. The van der Waals surface area contributed by atoms with Gasteiger partial charge in [-0.25, -0.2) is 0 Å². The van der Waals surface area contributed by atoms with Gasteiger partial charge in [-0.05, 0) is 28.7 Å². The highest BCUT2D eigenvalue weighted by atomic mass is 35.5. The molecule has 0 saturated heterocycles. The van der Waals surface area contributed by atoms with Crippen molar-refractivity contribution in [3.63, 3.8) is 0 Å². The Labute approximate surface area is 107 Å². The SMILES string of the molecule is O=c1cc(Cl)sn1Cc1ccc2c(c1)CCO2. The highest BCUT2D eigenvalue weighted by molar-refractivity contribution is 7.11. The molecular weight excluding hydrogens is 258 g/mol. The molecule has 0 N–H and O–H groups in total. The van der Waals surface area contributed by atoms with Crippen molar-refractivity contribution in [3.8, 4) is 5.75 Å². The molecule has 88 valence electrons. The molecule has 0 saturated carbocycles. The molecular formula is C12H10ClNO2S. The van der Waals surface area contributed by atoms with Crippen molar-refractivity contribution in [1.82, 2.24) is 3.96 Å². The predicted molar refractivity (Wildman–Crippen MR) is 68.3 cm³/mol. The first-order chi connectivity index (χ1) is 8.22. The second-order valence-electron chi connectivity index (χ2n) is 3.96. The first kappa shape index (κ1) is 10.9. The quantitative estimate of drug-likeness (QED) is 0.837.